The van der Waals surface area contributed by atoms with E-state index in [9.17, 15) is 0 Å². The molecule has 0 radical (unpaired) electrons. The molecule has 1 aromatic rings. The van der Waals surface area contributed by atoms with Crippen LogP contribution in [0.3, 0.4) is 0 Å². The van der Waals surface area contributed by atoms with Crippen LogP contribution in [0, 0.1) is 6.92 Å². The standard InChI is InChI=1S/C14H21N3O2/c1-3-12-9-17(6-7-19-12)11-4-5-13(10(2)8-11)14(15)16-18/h4-5,8,12,18H,3,6-7,9H2,1-2H3,(H2,15,16). The molecule has 0 spiro atoms. The SMILES string of the molecule is CCC1CN(c2ccc(/C(N)=N/O)c(C)c2)CCO1. The normalized spacial score (nSPS) is 20.6. The summed E-state index contributed by atoms with van der Waals surface area (Å²) in [6, 6.07) is 5.99. The number of hydrogen-bond acceptors (Lipinski definition) is 4. The van der Waals surface area contributed by atoms with Crippen LogP contribution in [0.5, 0.6) is 0 Å². The number of rotatable bonds is 3. The van der Waals surface area contributed by atoms with Gasteiger partial charge in [-0.1, -0.05) is 12.1 Å². The Bertz CT molecular complexity index is 474. The summed E-state index contributed by atoms with van der Waals surface area (Å²) < 4.78 is 5.67. The Hall–Kier alpha value is -1.75. The highest BCUT2D eigenvalue weighted by atomic mass is 16.5. The molecule has 1 heterocycles. The molecule has 0 amide bonds. The van der Waals surface area contributed by atoms with Gasteiger partial charge in [0.05, 0.1) is 12.7 Å². The van der Waals surface area contributed by atoms with Crippen LogP contribution in [-0.4, -0.2) is 36.8 Å². The summed E-state index contributed by atoms with van der Waals surface area (Å²) in [5, 5.41) is 11.8. The van der Waals surface area contributed by atoms with E-state index in [4.69, 9.17) is 15.7 Å². The molecule has 0 saturated carbocycles. The molecule has 0 bridgehead atoms. The average Bonchev–Trinajstić information content (AvgIpc) is 2.46. The van der Waals surface area contributed by atoms with Crippen molar-refractivity contribution in [3.63, 3.8) is 0 Å². The van der Waals surface area contributed by atoms with Gasteiger partial charge in [0.2, 0.25) is 0 Å². The molecule has 3 N–H and O–H groups in total. The molecule has 1 fully saturated rings. The number of oxime groups is 1. The molecular weight excluding hydrogens is 242 g/mol. The van der Waals surface area contributed by atoms with E-state index in [-0.39, 0.29) is 5.84 Å². The lowest BCUT2D eigenvalue weighted by molar-refractivity contribution is 0.0384. The highest BCUT2D eigenvalue weighted by Gasteiger charge is 2.19. The van der Waals surface area contributed by atoms with Crippen molar-refractivity contribution in [2.24, 2.45) is 10.9 Å². The summed E-state index contributed by atoms with van der Waals surface area (Å²) in [7, 11) is 0. The fourth-order valence-corrected chi connectivity index (χ4v) is 2.39. The molecule has 1 saturated heterocycles. The molecule has 1 aromatic carbocycles. The number of benzene rings is 1. The Morgan fingerprint density at radius 2 is 2.37 bits per heavy atom. The van der Waals surface area contributed by atoms with Gasteiger partial charge in [0.1, 0.15) is 0 Å². The van der Waals surface area contributed by atoms with Crippen LogP contribution in [-0.2, 0) is 4.74 Å². The highest BCUT2D eigenvalue weighted by molar-refractivity contribution is 5.98. The molecule has 19 heavy (non-hydrogen) atoms. The third-order valence-electron chi connectivity index (χ3n) is 3.55. The Balaban J connectivity index is 2.20. The molecule has 1 unspecified atom stereocenters. The van der Waals surface area contributed by atoms with Crippen LogP contribution >= 0.6 is 0 Å². The first kappa shape index (κ1) is 13.7. The van der Waals surface area contributed by atoms with Gasteiger partial charge in [0.25, 0.3) is 0 Å². The van der Waals surface area contributed by atoms with Gasteiger partial charge in [0, 0.05) is 24.3 Å². The van der Waals surface area contributed by atoms with Crippen molar-refractivity contribution < 1.29 is 9.94 Å². The van der Waals surface area contributed by atoms with Crippen molar-refractivity contribution in [2.45, 2.75) is 26.4 Å². The first-order valence-electron chi connectivity index (χ1n) is 6.60. The van der Waals surface area contributed by atoms with Crippen LogP contribution < -0.4 is 10.6 Å². The Morgan fingerprint density at radius 1 is 1.58 bits per heavy atom. The maximum atomic E-state index is 8.73. The van der Waals surface area contributed by atoms with Crippen molar-refractivity contribution in [1.82, 2.24) is 0 Å². The monoisotopic (exact) mass is 263 g/mol. The fourth-order valence-electron chi connectivity index (χ4n) is 2.39. The molecule has 104 valence electrons. The summed E-state index contributed by atoms with van der Waals surface area (Å²) in [5.41, 5.74) is 8.57. The zero-order valence-electron chi connectivity index (χ0n) is 11.5. The molecular formula is C14H21N3O2. The third kappa shape index (κ3) is 2.98. The molecule has 5 heteroatoms. The minimum absolute atomic E-state index is 0.150. The quantitative estimate of drug-likeness (QED) is 0.377. The van der Waals surface area contributed by atoms with Crippen LogP contribution in [0.25, 0.3) is 0 Å². The Morgan fingerprint density at radius 3 is 3.00 bits per heavy atom. The minimum atomic E-state index is 0.150. The Labute approximate surface area is 113 Å². The Kier molecular flexibility index (Phi) is 4.27. The lowest BCUT2D eigenvalue weighted by Gasteiger charge is -2.34. The van der Waals surface area contributed by atoms with Crippen molar-refractivity contribution in [1.29, 1.82) is 0 Å². The lowest BCUT2D eigenvalue weighted by atomic mass is 10.1. The molecule has 1 aliphatic rings. The number of nitrogens with two attached hydrogens (primary N) is 1. The first-order valence-corrected chi connectivity index (χ1v) is 6.60. The van der Waals surface area contributed by atoms with Gasteiger partial charge < -0.3 is 20.6 Å². The van der Waals surface area contributed by atoms with E-state index in [1.165, 1.54) is 0 Å². The average molecular weight is 263 g/mol. The zero-order valence-corrected chi connectivity index (χ0v) is 11.5. The van der Waals surface area contributed by atoms with Gasteiger partial charge in [-0.2, -0.15) is 0 Å². The van der Waals surface area contributed by atoms with Gasteiger partial charge in [-0.05, 0) is 37.1 Å². The number of anilines is 1. The van der Waals surface area contributed by atoms with Crippen molar-refractivity contribution in [3.05, 3.63) is 29.3 Å². The molecule has 0 aromatic heterocycles. The number of morpholine rings is 1. The van der Waals surface area contributed by atoms with Gasteiger partial charge >= 0.3 is 0 Å². The van der Waals surface area contributed by atoms with Gasteiger partial charge in [-0.3, -0.25) is 0 Å². The smallest absolute Gasteiger partial charge is 0.170 e. The number of nitrogens with zero attached hydrogens (tertiary/aromatic N) is 2. The molecule has 2 rings (SSSR count). The number of ether oxygens (including phenoxy) is 1. The second-order valence-electron chi connectivity index (χ2n) is 4.83. The lowest BCUT2D eigenvalue weighted by Crippen LogP contribution is -2.42. The van der Waals surface area contributed by atoms with Gasteiger partial charge in [-0.15, -0.1) is 0 Å². The maximum absolute atomic E-state index is 8.73. The highest BCUT2D eigenvalue weighted by Crippen LogP contribution is 2.22. The third-order valence-corrected chi connectivity index (χ3v) is 3.55. The number of hydrogen-bond donors (Lipinski definition) is 2. The molecule has 1 aliphatic heterocycles. The first-order chi connectivity index (χ1) is 9.15. The largest absolute Gasteiger partial charge is 0.409 e. The maximum Gasteiger partial charge on any atom is 0.170 e. The van der Waals surface area contributed by atoms with E-state index in [1.54, 1.807) is 0 Å². The molecule has 1 atom stereocenters. The zero-order chi connectivity index (χ0) is 13.8. The van der Waals surface area contributed by atoms with E-state index < -0.39 is 0 Å². The second-order valence-corrected chi connectivity index (χ2v) is 4.83. The predicted molar refractivity (Wildman–Crippen MR) is 75.9 cm³/mol. The van der Waals surface area contributed by atoms with E-state index in [2.05, 4.69) is 23.0 Å². The van der Waals surface area contributed by atoms with Crippen LogP contribution in [0.1, 0.15) is 24.5 Å². The fraction of sp³-hybridized carbons (Fsp3) is 0.500. The summed E-state index contributed by atoms with van der Waals surface area (Å²) in [6.45, 7) is 6.69. The van der Waals surface area contributed by atoms with Gasteiger partial charge in [-0.25, -0.2) is 0 Å². The summed E-state index contributed by atoms with van der Waals surface area (Å²) >= 11 is 0. The number of amidine groups is 1. The van der Waals surface area contributed by atoms with E-state index in [0.29, 0.717) is 6.10 Å². The van der Waals surface area contributed by atoms with E-state index in [1.807, 2.05) is 19.1 Å². The van der Waals surface area contributed by atoms with Crippen molar-refractivity contribution in [3.8, 4) is 0 Å². The molecule has 0 aliphatic carbocycles. The van der Waals surface area contributed by atoms with Crippen LogP contribution in [0.15, 0.2) is 23.4 Å². The number of aryl methyl sites for hydroxylation is 1. The van der Waals surface area contributed by atoms with Crippen LogP contribution in [0.2, 0.25) is 0 Å². The van der Waals surface area contributed by atoms with Crippen LogP contribution in [0.4, 0.5) is 5.69 Å². The van der Waals surface area contributed by atoms with Gasteiger partial charge in [0.15, 0.2) is 5.84 Å². The predicted octanol–water partition coefficient (Wildman–Crippen LogP) is 1.70. The van der Waals surface area contributed by atoms with E-state index in [0.717, 1.165) is 42.9 Å². The summed E-state index contributed by atoms with van der Waals surface area (Å²) in [5.74, 6) is 0.150. The van der Waals surface area contributed by atoms with E-state index >= 15 is 0 Å². The summed E-state index contributed by atoms with van der Waals surface area (Å²) in [6.07, 6.45) is 1.33. The minimum Gasteiger partial charge on any atom is -0.409 e. The molecule has 5 nitrogen and oxygen atoms in total. The van der Waals surface area contributed by atoms with Crippen molar-refractivity contribution in [2.75, 3.05) is 24.6 Å². The topological polar surface area (TPSA) is 71.1 Å². The second kappa shape index (κ2) is 5.93. The van der Waals surface area contributed by atoms with Crippen molar-refractivity contribution >= 4 is 11.5 Å². The summed E-state index contributed by atoms with van der Waals surface area (Å²) in [4.78, 5) is 2.32.